The summed E-state index contributed by atoms with van der Waals surface area (Å²) in [5.41, 5.74) is 1.40. The summed E-state index contributed by atoms with van der Waals surface area (Å²) in [4.78, 5) is 0. The second-order valence-corrected chi connectivity index (χ2v) is 3.93. The standard InChI is InChI=1S/C10H16N.3ClH/c1-11(2,3)9-10-7-5-4-6-8-10;;;/h4-8H,9H2,1-3H3;3*1H/q+1;;;. The molecule has 0 aromatic heterocycles. The summed E-state index contributed by atoms with van der Waals surface area (Å²) in [5, 5.41) is 0. The molecule has 4 heteroatoms. The smallest absolute Gasteiger partial charge is 0.104 e. The zero-order valence-corrected chi connectivity index (χ0v) is 11.2. The minimum Gasteiger partial charge on any atom is -0.327 e. The van der Waals surface area contributed by atoms with Crippen LogP contribution in [-0.4, -0.2) is 25.6 Å². The molecule has 0 aliphatic heterocycles. The van der Waals surface area contributed by atoms with Gasteiger partial charge in [-0.3, -0.25) is 0 Å². The van der Waals surface area contributed by atoms with Gasteiger partial charge in [-0.05, 0) is 0 Å². The van der Waals surface area contributed by atoms with E-state index in [0.29, 0.717) is 0 Å². The summed E-state index contributed by atoms with van der Waals surface area (Å²) in [7, 11) is 6.60. The van der Waals surface area contributed by atoms with Crippen LogP contribution >= 0.6 is 37.2 Å². The lowest BCUT2D eigenvalue weighted by molar-refractivity contribution is -0.884. The highest BCUT2D eigenvalue weighted by Gasteiger charge is 2.06. The van der Waals surface area contributed by atoms with Crippen LogP contribution in [0.2, 0.25) is 0 Å². The molecule has 1 rings (SSSR count). The van der Waals surface area contributed by atoms with Gasteiger partial charge in [-0.15, -0.1) is 37.2 Å². The highest BCUT2D eigenvalue weighted by molar-refractivity contribution is 5.86. The molecule has 0 N–H and O–H groups in total. The van der Waals surface area contributed by atoms with E-state index in [1.807, 2.05) is 0 Å². The zero-order valence-electron chi connectivity index (χ0n) is 8.77. The van der Waals surface area contributed by atoms with E-state index >= 15 is 0 Å². The van der Waals surface area contributed by atoms with E-state index < -0.39 is 0 Å². The number of rotatable bonds is 2. The molecule has 1 nitrogen and oxygen atoms in total. The molecule has 0 saturated carbocycles. The van der Waals surface area contributed by atoms with Gasteiger partial charge in [0.25, 0.3) is 0 Å². The van der Waals surface area contributed by atoms with Gasteiger partial charge in [0, 0.05) is 5.56 Å². The van der Waals surface area contributed by atoms with Crippen LogP contribution in [0.4, 0.5) is 0 Å². The molecule has 0 bridgehead atoms. The van der Waals surface area contributed by atoms with Gasteiger partial charge in [0.2, 0.25) is 0 Å². The monoisotopic (exact) mass is 258 g/mol. The van der Waals surface area contributed by atoms with Crippen LogP contribution < -0.4 is 0 Å². The quantitative estimate of drug-likeness (QED) is 0.716. The molecular weight excluding hydrogens is 240 g/mol. The van der Waals surface area contributed by atoms with Crippen molar-refractivity contribution < 1.29 is 4.48 Å². The third-order valence-corrected chi connectivity index (χ3v) is 1.50. The molecule has 0 amide bonds. The van der Waals surface area contributed by atoms with Gasteiger partial charge >= 0.3 is 0 Å². The Kier molecular flexibility index (Phi) is 11.7. The van der Waals surface area contributed by atoms with Crippen molar-refractivity contribution in [2.45, 2.75) is 6.54 Å². The average Bonchev–Trinajstić information content (AvgIpc) is 1.85. The molecule has 0 saturated heterocycles. The van der Waals surface area contributed by atoms with E-state index in [-0.39, 0.29) is 37.2 Å². The van der Waals surface area contributed by atoms with Gasteiger partial charge in [0.1, 0.15) is 6.54 Å². The summed E-state index contributed by atoms with van der Waals surface area (Å²) in [5.74, 6) is 0. The lowest BCUT2D eigenvalue weighted by Crippen LogP contribution is -2.33. The molecule has 84 valence electrons. The Morgan fingerprint density at radius 3 is 1.64 bits per heavy atom. The second kappa shape index (κ2) is 8.37. The zero-order chi connectivity index (χ0) is 8.32. The van der Waals surface area contributed by atoms with Gasteiger partial charge in [-0.1, -0.05) is 30.3 Å². The van der Waals surface area contributed by atoms with Crippen molar-refractivity contribution in [2.24, 2.45) is 0 Å². The summed E-state index contributed by atoms with van der Waals surface area (Å²) in [6.45, 7) is 1.10. The molecule has 0 fully saturated rings. The Bertz CT molecular complexity index is 219. The van der Waals surface area contributed by atoms with E-state index in [9.17, 15) is 0 Å². The maximum absolute atomic E-state index is 2.20. The maximum atomic E-state index is 2.20. The van der Waals surface area contributed by atoms with E-state index in [1.165, 1.54) is 5.56 Å². The molecule has 0 heterocycles. The summed E-state index contributed by atoms with van der Waals surface area (Å²) < 4.78 is 0.990. The lowest BCUT2D eigenvalue weighted by atomic mass is 10.2. The van der Waals surface area contributed by atoms with Gasteiger partial charge in [-0.2, -0.15) is 0 Å². The number of benzene rings is 1. The van der Waals surface area contributed by atoms with E-state index in [4.69, 9.17) is 0 Å². The van der Waals surface area contributed by atoms with Crippen LogP contribution in [0.25, 0.3) is 0 Å². The first-order valence-electron chi connectivity index (χ1n) is 3.92. The highest BCUT2D eigenvalue weighted by Crippen LogP contribution is 2.04. The third kappa shape index (κ3) is 8.64. The van der Waals surface area contributed by atoms with Crippen LogP contribution in [-0.2, 0) is 6.54 Å². The largest absolute Gasteiger partial charge is 0.327 e. The normalized spacial score (nSPS) is 9.07. The molecule has 0 unspecified atom stereocenters. The van der Waals surface area contributed by atoms with Crippen molar-refractivity contribution in [1.82, 2.24) is 0 Å². The Hall–Kier alpha value is 0.0500. The number of hydrogen-bond donors (Lipinski definition) is 0. The van der Waals surface area contributed by atoms with Crippen molar-refractivity contribution in [3.05, 3.63) is 35.9 Å². The van der Waals surface area contributed by atoms with Gasteiger partial charge < -0.3 is 4.48 Å². The predicted octanol–water partition coefficient (Wildman–Crippen LogP) is 3.16. The van der Waals surface area contributed by atoms with Crippen molar-refractivity contribution in [2.75, 3.05) is 21.1 Å². The number of quaternary nitrogens is 1. The van der Waals surface area contributed by atoms with E-state index in [2.05, 4.69) is 51.5 Å². The van der Waals surface area contributed by atoms with Crippen molar-refractivity contribution in [1.29, 1.82) is 0 Å². The first-order valence-corrected chi connectivity index (χ1v) is 3.92. The molecule has 14 heavy (non-hydrogen) atoms. The molecule has 0 aliphatic carbocycles. The van der Waals surface area contributed by atoms with Crippen LogP contribution in [0.5, 0.6) is 0 Å². The Morgan fingerprint density at radius 2 is 1.29 bits per heavy atom. The van der Waals surface area contributed by atoms with Gasteiger partial charge in [-0.25, -0.2) is 0 Å². The minimum atomic E-state index is 0. The van der Waals surface area contributed by atoms with E-state index in [0.717, 1.165) is 11.0 Å². The molecule has 0 atom stereocenters. The van der Waals surface area contributed by atoms with Crippen LogP contribution in [0.1, 0.15) is 5.56 Å². The van der Waals surface area contributed by atoms with Gasteiger partial charge in [0.15, 0.2) is 0 Å². The number of halogens is 3. The Morgan fingerprint density at radius 1 is 0.857 bits per heavy atom. The highest BCUT2D eigenvalue weighted by atomic mass is 35.5. The van der Waals surface area contributed by atoms with E-state index in [1.54, 1.807) is 0 Å². The van der Waals surface area contributed by atoms with Crippen molar-refractivity contribution >= 4 is 37.2 Å². The van der Waals surface area contributed by atoms with Crippen LogP contribution in [0, 0.1) is 0 Å². The van der Waals surface area contributed by atoms with Crippen LogP contribution in [0.15, 0.2) is 30.3 Å². The summed E-state index contributed by atoms with van der Waals surface area (Å²) >= 11 is 0. The second-order valence-electron chi connectivity index (χ2n) is 3.93. The summed E-state index contributed by atoms with van der Waals surface area (Å²) in [6.07, 6.45) is 0. The fraction of sp³-hybridized carbons (Fsp3) is 0.400. The molecule has 1 aromatic rings. The lowest BCUT2D eigenvalue weighted by Gasteiger charge is -2.23. The average molecular weight is 260 g/mol. The number of nitrogens with zero attached hydrogens (tertiary/aromatic N) is 1. The Balaban J connectivity index is -0.000000403. The van der Waals surface area contributed by atoms with Crippen molar-refractivity contribution in [3.8, 4) is 0 Å². The molecule has 0 radical (unpaired) electrons. The first-order chi connectivity index (χ1) is 5.08. The minimum absolute atomic E-state index is 0. The van der Waals surface area contributed by atoms with Gasteiger partial charge in [0.05, 0.1) is 21.1 Å². The molecule has 0 aliphatic rings. The topological polar surface area (TPSA) is 0 Å². The molecule has 0 spiro atoms. The van der Waals surface area contributed by atoms with Crippen molar-refractivity contribution in [3.63, 3.8) is 0 Å². The third-order valence-electron chi connectivity index (χ3n) is 1.50. The van der Waals surface area contributed by atoms with Crippen LogP contribution in [0.3, 0.4) is 0 Å². The fourth-order valence-electron chi connectivity index (χ4n) is 1.13. The SMILES string of the molecule is C[N+](C)(C)Cc1ccccc1.Cl.Cl.Cl. The Labute approximate surface area is 105 Å². The summed E-state index contributed by atoms with van der Waals surface area (Å²) in [6, 6.07) is 10.6. The molecular formula is C10H19Cl3N+. The number of hydrogen-bond acceptors (Lipinski definition) is 0. The predicted molar refractivity (Wildman–Crippen MR) is 69.9 cm³/mol. The fourth-order valence-corrected chi connectivity index (χ4v) is 1.13. The maximum Gasteiger partial charge on any atom is 0.104 e. The first kappa shape index (κ1) is 19.6. The molecule has 1 aromatic carbocycles.